The van der Waals surface area contributed by atoms with Crippen LogP contribution in [0, 0.1) is 0 Å². The average Bonchev–Trinajstić information content (AvgIpc) is 3.20. The molecule has 2 aromatic rings. The number of hydrogen-bond donors (Lipinski definition) is 1. The highest BCUT2D eigenvalue weighted by atomic mass is 32.2. The summed E-state index contributed by atoms with van der Waals surface area (Å²) >= 11 is 0.882. The number of anilines is 1. The third-order valence-corrected chi connectivity index (χ3v) is 6.57. The lowest BCUT2D eigenvalue weighted by molar-refractivity contribution is -0.115. The maximum Gasteiger partial charge on any atom is 0.272 e. The first-order valence-electron chi connectivity index (χ1n) is 7.23. The van der Waals surface area contributed by atoms with Gasteiger partial charge in [-0.05, 0) is 18.4 Å². The Kier molecular flexibility index (Phi) is 4.69. The lowest BCUT2D eigenvalue weighted by Crippen LogP contribution is -2.27. The predicted octanol–water partition coefficient (Wildman–Crippen LogP) is 1.50. The summed E-state index contributed by atoms with van der Waals surface area (Å²) in [6.45, 7) is 1.02. The van der Waals surface area contributed by atoms with E-state index in [4.69, 9.17) is 0 Å². The molecule has 9 heteroatoms. The van der Waals surface area contributed by atoms with Gasteiger partial charge in [0.15, 0.2) is 0 Å². The number of amides is 1. The van der Waals surface area contributed by atoms with E-state index in [0.717, 1.165) is 29.7 Å². The van der Waals surface area contributed by atoms with Gasteiger partial charge in [0.25, 0.3) is 10.0 Å². The van der Waals surface area contributed by atoms with Crippen LogP contribution in [0.5, 0.6) is 0 Å². The van der Waals surface area contributed by atoms with Gasteiger partial charge in [0.2, 0.25) is 15.4 Å². The van der Waals surface area contributed by atoms with Gasteiger partial charge in [-0.25, -0.2) is 8.42 Å². The molecule has 0 unspecified atom stereocenters. The van der Waals surface area contributed by atoms with Crippen molar-refractivity contribution >= 4 is 32.4 Å². The van der Waals surface area contributed by atoms with Crippen LogP contribution in [0.3, 0.4) is 0 Å². The van der Waals surface area contributed by atoms with Gasteiger partial charge in [0, 0.05) is 13.1 Å². The van der Waals surface area contributed by atoms with Gasteiger partial charge in [-0.15, -0.1) is 10.2 Å². The van der Waals surface area contributed by atoms with Gasteiger partial charge in [-0.3, -0.25) is 4.79 Å². The summed E-state index contributed by atoms with van der Waals surface area (Å²) in [7, 11) is -3.59. The van der Waals surface area contributed by atoms with Crippen molar-refractivity contribution in [3.05, 3.63) is 35.9 Å². The van der Waals surface area contributed by atoms with E-state index in [2.05, 4.69) is 15.5 Å². The molecule has 122 valence electrons. The minimum atomic E-state index is -3.59. The Hall–Kier alpha value is -1.84. The summed E-state index contributed by atoms with van der Waals surface area (Å²) in [5.41, 5.74) is 0.874. The molecule has 1 aliphatic heterocycles. The minimum Gasteiger partial charge on any atom is -0.300 e. The zero-order valence-corrected chi connectivity index (χ0v) is 13.9. The van der Waals surface area contributed by atoms with E-state index in [-0.39, 0.29) is 21.8 Å². The number of sulfonamides is 1. The third kappa shape index (κ3) is 3.74. The van der Waals surface area contributed by atoms with Crippen molar-refractivity contribution in [3.63, 3.8) is 0 Å². The normalized spacial score (nSPS) is 15.7. The molecule has 1 amide bonds. The first kappa shape index (κ1) is 16.0. The highest BCUT2D eigenvalue weighted by Crippen LogP contribution is 2.25. The first-order chi connectivity index (χ1) is 11.1. The van der Waals surface area contributed by atoms with E-state index >= 15 is 0 Å². The highest BCUT2D eigenvalue weighted by molar-refractivity contribution is 7.91. The van der Waals surface area contributed by atoms with E-state index in [1.807, 2.05) is 30.3 Å². The van der Waals surface area contributed by atoms with Crippen LogP contribution in [0.15, 0.2) is 34.7 Å². The van der Waals surface area contributed by atoms with Gasteiger partial charge in [0.05, 0.1) is 6.42 Å². The number of carbonyl (C=O) groups is 1. The molecular formula is C14H16N4O3S2. The Morgan fingerprint density at radius 2 is 1.87 bits per heavy atom. The molecule has 1 aromatic heterocycles. The monoisotopic (exact) mass is 352 g/mol. The van der Waals surface area contributed by atoms with E-state index in [0.29, 0.717) is 13.1 Å². The summed E-state index contributed by atoms with van der Waals surface area (Å²) in [6, 6.07) is 9.29. The zero-order chi connectivity index (χ0) is 16.3. The van der Waals surface area contributed by atoms with Crippen molar-refractivity contribution < 1.29 is 13.2 Å². The van der Waals surface area contributed by atoms with Crippen molar-refractivity contribution in [1.29, 1.82) is 0 Å². The molecule has 0 saturated carbocycles. The van der Waals surface area contributed by atoms with Crippen molar-refractivity contribution in [3.8, 4) is 0 Å². The number of hydrogen-bond acceptors (Lipinski definition) is 6. The van der Waals surface area contributed by atoms with Crippen molar-refractivity contribution in [2.45, 2.75) is 23.6 Å². The number of rotatable bonds is 5. The van der Waals surface area contributed by atoms with Gasteiger partial charge in [-0.1, -0.05) is 41.7 Å². The molecular weight excluding hydrogens is 336 g/mol. The van der Waals surface area contributed by atoms with Gasteiger partial charge in [0.1, 0.15) is 0 Å². The maximum absolute atomic E-state index is 12.3. The fraction of sp³-hybridized carbons (Fsp3) is 0.357. The standard InChI is InChI=1S/C14H16N4O3S2/c19-12(10-11-6-2-1-3-7-11)15-13-16-17-14(22-13)23(20,21)18-8-4-5-9-18/h1-3,6-7H,4-5,8-10H2,(H,15,16,19). The molecule has 3 rings (SSSR count). The van der Waals surface area contributed by atoms with E-state index in [1.165, 1.54) is 4.31 Å². The lowest BCUT2D eigenvalue weighted by Gasteiger charge is -2.11. The lowest BCUT2D eigenvalue weighted by atomic mass is 10.1. The summed E-state index contributed by atoms with van der Waals surface area (Å²) in [4.78, 5) is 12.0. The molecule has 1 aromatic carbocycles. The van der Waals surface area contributed by atoms with Crippen LogP contribution < -0.4 is 5.32 Å². The molecule has 0 spiro atoms. The Balaban J connectivity index is 1.66. The fourth-order valence-electron chi connectivity index (χ4n) is 2.35. The van der Waals surface area contributed by atoms with Crippen LogP contribution in [-0.4, -0.2) is 41.9 Å². The largest absolute Gasteiger partial charge is 0.300 e. The van der Waals surface area contributed by atoms with E-state index in [9.17, 15) is 13.2 Å². The Bertz CT molecular complexity index is 783. The molecule has 0 bridgehead atoms. The van der Waals surface area contributed by atoms with Crippen molar-refractivity contribution in [1.82, 2.24) is 14.5 Å². The van der Waals surface area contributed by atoms with Gasteiger partial charge >= 0.3 is 0 Å². The summed E-state index contributed by atoms with van der Waals surface area (Å²) < 4.78 is 26.0. The smallest absolute Gasteiger partial charge is 0.272 e. The van der Waals surface area contributed by atoms with E-state index < -0.39 is 10.0 Å². The number of aromatic nitrogens is 2. The molecule has 1 fully saturated rings. The summed E-state index contributed by atoms with van der Waals surface area (Å²) in [5.74, 6) is -0.252. The van der Waals surface area contributed by atoms with Crippen LogP contribution in [0.25, 0.3) is 0 Å². The fourth-order valence-corrected chi connectivity index (χ4v) is 4.92. The summed E-state index contributed by atoms with van der Waals surface area (Å²) in [6.07, 6.45) is 1.92. The second-order valence-corrected chi connectivity index (χ2v) is 8.28. The molecule has 2 heterocycles. The van der Waals surface area contributed by atoms with Crippen molar-refractivity contribution in [2.24, 2.45) is 0 Å². The van der Waals surface area contributed by atoms with Crippen LogP contribution in [0.2, 0.25) is 0 Å². The number of carbonyl (C=O) groups excluding carboxylic acids is 1. The first-order valence-corrected chi connectivity index (χ1v) is 9.49. The van der Waals surface area contributed by atoms with Crippen LogP contribution in [-0.2, 0) is 21.2 Å². The second kappa shape index (κ2) is 6.73. The molecule has 23 heavy (non-hydrogen) atoms. The Morgan fingerprint density at radius 1 is 1.17 bits per heavy atom. The second-order valence-electron chi connectivity index (χ2n) is 5.19. The summed E-state index contributed by atoms with van der Waals surface area (Å²) in [5, 5.41) is 10.3. The molecule has 0 atom stereocenters. The molecule has 1 N–H and O–H groups in total. The SMILES string of the molecule is O=C(Cc1ccccc1)Nc1nnc(S(=O)(=O)N2CCCC2)s1. The molecule has 1 saturated heterocycles. The molecule has 1 aliphatic rings. The number of nitrogens with one attached hydrogen (secondary N) is 1. The number of nitrogens with zero attached hydrogens (tertiary/aromatic N) is 3. The third-order valence-electron chi connectivity index (χ3n) is 3.49. The highest BCUT2D eigenvalue weighted by Gasteiger charge is 2.30. The Labute approximate surface area is 138 Å². The molecule has 7 nitrogen and oxygen atoms in total. The van der Waals surface area contributed by atoms with Crippen LogP contribution >= 0.6 is 11.3 Å². The zero-order valence-electron chi connectivity index (χ0n) is 12.3. The van der Waals surface area contributed by atoms with Gasteiger partial charge < -0.3 is 5.32 Å². The van der Waals surface area contributed by atoms with Crippen molar-refractivity contribution in [2.75, 3.05) is 18.4 Å². The quantitative estimate of drug-likeness (QED) is 0.824. The van der Waals surface area contributed by atoms with Gasteiger partial charge in [-0.2, -0.15) is 4.31 Å². The van der Waals surface area contributed by atoms with Crippen LogP contribution in [0.4, 0.5) is 5.13 Å². The molecule has 0 radical (unpaired) electrons. The maximum atomic E-state index is 12.3. The van der Waals surface area contributed by atoms with Crippen LogP contribution in [0.1, 0.15) is 18.4 Å². The average molecular weight is 352 g/mol. The van der Waals surface area contributed by atoms with E-state index in [1.54, 1.807) is 0 Å². The Morgan fingerprint density at radius 3 is 2.57 bits per heavy atom. The minimum absolute atomic E-state index is 0.0746. The topological polar surface area (TPSA) is 92.3 Å². The molecule has 0 aliphatic carbocycles. The predicted molar refractivity (Wildman–Crippen MR) is 86.7 cm³/mol. The number of benzene rings is 1.